The predicted octanol–water partition coefficient (Wildman–Crippen LogP) is 5.62. The van der Waals surface area contributed by atoms with Crippen molar-refractivity contribution in [2.24, 2.45) is 0 Å². The van der Waals surface area contributed by atoms with Crippen molar-refractivity contribution < 1.29 is 14.7 Å². The van der Waals surface area contributed by atoms with Gasteiger partial charge in [0, 0.05) is 5.56 Å². The molecule has 0 aliphatic carbocycles. The highest BCUT2D eigenvalue weighted by Crippen LogP contribution is 2.44. The third kappa shape index (κ3) is 4.06. The van der Waals surface area contributed by atoms with Gasteiger partial charge in [0.05, 0.1) is 22.2 Å². The average Bonchev–Trinajstić information content (AvgIpc) is 3.55. The molecule has 7 nitrogen and oxygen atoms in total. The standard InChI is InChI=1S/C26H22N4O3S2/c1-4-16-10-12-17(13-11-16)20-19(22(32)25(33)30(20)26-29-28-15(3)34-26)21(31)23-14(2)27-24(35-23)18-8-6-5-7-9-18/h5-13,20,32H,4H2,1-3H3/t20-/m1/s1. The molecule has 1 atom stereocenters. The second-order valence-corrected chi connectivity index (χ2v) is 10.3. The summed E-state index contributed by atoms with van der Waals surface area (Å²) in [7, 11) is 0. The normalized spacial score (nSPS) is 15.8. The second kappa shape index (κ2) is 9.16. The molecule has 176 valence electrons. The Morgan fingerprint density at radius 2 is 1.74 bits per heavy atom. The van der Waals surface area contributed by atoms with Crippen molar-refractivity contribution in [1.29, 1.82) is 0 Å². The Morgan fingerprint density at radius 3 is 2.37 bits per heavy atom. The second-order valence-electron chi connectivity index (χ2n) is 8.17. The molecular weight excluding hydrogens is 480 g/mol. The van der Waals surface area contributed by atoms with Crippen LogP contribution in [0, 0.1) is 13.8 Å². The molecule has 0 fully saturated rings. The summed E-state index contributed by atoms with van der Waals surface area (Å²) in [5.41, 5.74) is 3.32. The summed E-state index contributed by atoms with van der Waals surface area (Å²) in [4.78, 5) is 33.5. The molecule has 0 spiro atoms. The van der Waals surface area contributed by atoms with E-state index >= 15 is 0 Å². The van der Waals surface area contributed by atoms with Gasteiger partial charge in [-0.05, 0) is 31.4 Å². The third-order valence-electron chi connectivity index (χ3n) is 5.90. The molecule has 1 aliphatic rings. The van der Waals surface area contributed by atoms with Crippen molar-refractivity contribution in [2.75, 3.05) is 4.90 Å². The maximum absolute atomic E-state index is 13.9. The van der Waals surface area contributed by atoms with Gasteiger partial charge in [-0.25, -0.2) is 4.98 Å². The Labute approximate surface area is 210 Å². The lowest BCUT2D eigenvalue weighted by molar-refractivity contribution is -0.117. The van der Waals surface area contributed by atoms with Gasteiger partial charge in [0.15, 0.2) is 5.76 Å². The van der Waals surface area contributed by atoms with Gasteiger partial charge in [-0.3, -0.25) is 14.5 Å². The quantitative estimate of drug-likeness (QED) is 0.344. The van der Waals surface area contributed by atoms with Gasteiger partial charge in [-0.2, -0.15) is 0 Å². The van der Waals surface area contributed by atoms with Gasteiger partial charge in [-0.15, -0.1) is 21.5 Å². The van der Waals surface area contributed by atoms with Crippen LogP contribution in [0.4, 0.5) is 5.13 Å². The van der Waals surface area contributed by atoms with E-state index in [1.165, 1.54) is 27.6 Å². The van der Waals surface area contributed by atoms with Gasteiger partial charge in [0.2, 0.25) is 10.9 Å². The number of Topliss-reactive ketones (excluding diaryl/α,β-unsaturated/α-hetero) is 1. The van der Waals surface area contributed by atoms with E-state index in [-0.39, 0.29) is 5.57 Å². The molecule has 0 saturated heterocycles. The number of aryl methyl sites for hydroxylation is 3. The molecule has 2 aromatic heterocycles. The lowest BCUT2D eigenvalue weighted by atomic mass is 9.94. The van der Waals surface area contributed by atoms with Crippen molar-refractivity contribution in [3.8, 4) is 10.6 Å². The highest BCUT2D eigenvalue weighted by atomic mass is 32.1. The number of nitrogens with zero attached hydrogens (tertiary/aromatic N) is 4. The molecule has 4 aromatic rings. The van der Waals surface area contributed by atoms with Crippen LogP contribution in [-0.4, -0.2) is 32.0 Å². The number of carbonyl (C=O) groups excluding carboxylic acids is 2. The molecule has 2 aromatic carbocycles. The fourth-order valence-electron chi connectivity index (χ4n) is 4.10. The Kier molecular flexibility index (Phi) is 6.04. The molecule has 9 heteroatoms. The van der Waals surface area contributed by atoms with Crippen LogP contribution < -0.4 is 4.90 Å². The maximum atomic E-state index is 13.9. The molecule has 35 heavy (non-hydrogen) atoms. The summed E-state index contributed by atoms with van der Waals surface area (Å²) >= 11 is 2.49. The van der Waals surface area contributed by atoms with Crippen LogP contribution in [0.15, 0.2) is 65.9 Å². The fourth-order valence-corrected chi connectivity index (χ4v) is 5.84. The summed E-state index contributed by atoms with van der Waals surface area (Å²) in [6, 6.07) is 16.5. The zero-order chi connectivity index (χ0) is 24.7. The minimum absolute atomic E-state index is 0.0264. The molecular formula is C26H22N4O3S2. The average molecular weight is 503 g/mol. The summed E-state index contributed by atoms with van der Waals surface area (Å²) in [6.45, 7) is 5.61. The summed E-state index contributed by atoms with van der Waals surface area (Å²) in [6.07, 6.45) is 0.860. The smallest absolute Gasteiger partial charge is 0.296 e. The van der Waals surface area contributed by atoms with Crippen LogP contribution in [0.5, 0.6) is 0 Å². The van der Waals surface area contributed by atoms with Gasteiger partial charge >= 0.3 is 0 Å². The number of thiazole rings is 1. The molecule has 5 rings (SSSR count). The molecule has 0 bridgehead atoms. The maximum Gasteiger partial charge on any atom is 0.296 e. The highest BCUT2D eigenvalue weighted by molar-refractivity contribution is 7.17. The van der Waals surface area contributed by atoms with Crippen molar-refractivity contribution in [3.63, 3.8) is 0 Å². The Hall–Kier alpha value is -3.69. The van der Waals surface area contributed by atoms with Gasteiger partial charge < -0.3 is 5.11 Å². The number of aliphatic hydroxyl groups is 1. The van der Waals surface area contributed by atoms with Gasteiger partial charge in [-0.1, -0.05) is 72.9 Å². The first-order chi connectivity index (χ1) is 16.9. The van der Waals surface area contributed by atoms with Crippen molar-refractivity contribution in [1.82, 2.24) is 15.2 Å². The monoisotopic (exact) mass is 502 g/mol. The summed E-state index contributed by atoms with van der Waals surface area (Å²) in [5.74, 6) is -1.65. The van der Waals surface area contributed by atoms with Crippen molar-refractivity contribution in [3.05, 3.63) is 92.6 Å². The number of amides is 1. The van der Waals surface area contributed by atoms with Crippen LogP contribution in [0.3, 0.4) is 0 Å². The first kappa shape index (κ1) is 23.1. The van der Waals surface area contributed by atoms with E-state index in [4.69, 9.17) is 0 Å². The minimum atomic E-state index is -0.824. The zero-order valence-corrected chi connectivity index (χ0v) is 21.0. The molecule has 1 N–H and O–H groups in total. The van der Waals surface area contributed by atoms with E-state index < -0.39 is 23.5 Å². The summed E-state index contributed by atoms with van der Waals surface area (Å²) in [5, 5.41) is 20.9. The van der Waals surface area contributed by atoms with Crippen molar-refractivity contribution >= 4 is 39.5 Å². The van der Waals surface area contributed by atoms with E-state index in [2.05, 4.69) is 22.1 Å². The number of aliphatic hydroxyl groups excluding tert-OH is 1. The molecule has 0 radical (unpaired) electrons. The number of carbonyl (C=O) groups is 2. The molecule has 1 aliphatic heterocycles. The van der Waals surface area contributed by atoms with E-state index in [9.17, 15) is 14.7 Å². The molecule has 0 saturated carbocycles. The lowest BCUT2D eigenvalue weighted by Gasteiger charge is -2.24. The number of anilines is 1. The van der Waals surface area contributed by atoms with Gasteiger partial charge in [0.25, 0.3) is 5.91 Å². The Morgan fingerprint density at radius 1 is 1.03 bits per heavy atom. The Balaban J connectivity index is 1.62. The number of hydrogen-bond acceptors (Lipinski definition) is 8. The van der Waals surface area contributed by atoms with Crippen LogP contribution >= 0.6 is 22.7 Å². The number of ketones is 1. The molecule has 1 amide bonds. The predicted molar refractivity (Wildman–Crippen MR) is 137 cm³/mol. The summed E-state index contributed by atoms with van der Waals surface area (Å²) < 4.78 is 0. The van der Waals surface area contributed by atoms with E-state index in [0.717, 1.165) is 17.5 Å². The minimum Gasteiger partial charge on any atom is -0.503 e. The van der Waals surface area contributed by atoms with Crippen LogP contribution in [-0.2, 0) is 11.2 Å². The van der Waals surface area contributed by atoms with E-state index in [0.29, 0.717) is 31.3 Å². The number of benzene rings is 2. The van der Waals surface area contributed by atoms with Crippen LogP contribution in [0.2, 0.25) is 0 Å². The van der Waals surface area contributed by atoms with Gasteiger partial charge in [0.1, 0.15) is 10.0 Å². The Bertz CT molecular complexity index is 1460. The molecule has 0 unspecified atom stereocenters. The fraction of sp³-hybridized carbons (Fsp3) is 0.192. The number of rotatable bonds is 6. The van der Waals surface area contributed by atoms with Crippen LogP contribution in [0.25, 0.3) is 10.6 Å². The topological polar surface area (TPSA) is 96.3 Å². The van der Waals surface area contributed by atoms with Crippen molar-refractivity contribution in [2.45, 2.75) is 33.2 Å². The van der Waals surface area contributed by atoms with E-state index in [1.54, 1.807) is 13.8 Å². The zero-order valence-electron chi connectivity index (χ0n) is 19.3. The number of aromatic nitrogens is 3. The van der Waals surface area contributed by atoms with Crippen LogP contribution in [0.1, 0.15) is 44.5 Å². The SMILES string of the molecule is CCc1ccc([C@@H]2C(C(=O)c3sc(-c4ccccc4)nc3C)=C(O)C(=O)N2c2nnc(C)s2)cc1. The number of hydrogen-bond donors (Lipinski definition) is 1. The first-order valence-corrected chi connectivity index (χ1v) is 12.8. The largest absolute Gasteiger partial charge is 0.503 e. The lowest BCUT2D eigenvalue weighted by Crippen LogP contribution is -2.31. The molecule has 3 heterocycles. The highest BCUT2D eigenvalue weighted by Gasteiger charge is 2.46. The first-order valence-electron chi connectivity index (χ1n) is 11.1. The third-order valence-corrected chi connectivity index (χ3v) is 7.94. The van der Waals surface area contributed by atoms with E-state index in [1.807, 2.05) is 54.6 Å².